The lowest BCUT2D eigenvalue weighted by atomic mass is 10.1. The molecule has 0 spiro atoms. The zero-order valence-electron chi connectivity index (χ0n) is 12.3. The van der Waals surface area contributed by atoms with Gasteiger partial charge >= 0.3 is 0 Å². The average molecular weight is 302 g/mol. The number of hydrogen-bond acceptors (Lipinski definition) is 4. The molecule has 1 amide bonds. The van der Waals surface area contributed by atoms with E-state index in [-0.39, 0.29) is 17.4 Å². The molecular formula is C15H18N4OS. The van der Waals surface area contributed by atoms with Gasteiger partial charge in [0, 0.05) is 26.5 Å². The fourth-order valence-corrected chi connectivity index (χ4v) is 2.15. The van der Waals surface area contributed by atoms with E-state index in [1.54, 1.807) is 26.0 Å². The lowest BCUT2D eigenvalue weighted by Gasteiger charge is -2.22. The molecule has 0 saturated carbocycles. The lowest BCUT2D eigenvalue weighted by molar-refractivity contribution is -0.127. The minimum Gasteiger partial charge on any atom is -0.389 e. The molecule has 0 aliphatic rings. The number of carbonyl (C=O) groups excluding carboxylic acids is 1. The maximum absolute atomic E-state index is 11.9. The summed E-state index contributed by atoms with van der Waals surface area (Å²) in [6.45, 7) is 0.216. The van der Waals surface area contributed by atoms with Gasteiger partial charge in [-0.25, -0.2) is 4.98 Å². The number of benzene rings is 1. The van der Waals surface area contributed by atoms with Crippen molar-refractivity contribution in [2.75, 3.05) is 32.6 Å². The third kappa shape index (κ3) is 3.28. The molecular weight excluding hydrogens is 284 g/mol. The van der Waals surface area contributed by atoms with Gasteiger partial charge in [-0.2, -0.15) is 0 Å². The first-order valence-electron chi connectivity index (χ1n) is 6.51. The third-order valence-corrected chi connectivity index (χ3v) is 3.42. The normalized spacial score (nSPS) is 10.4. The number of carbonyl (C=O) groups is 1. The molecule has 0 saturated heterocycles. The van der Waals surface area contributed by atoms with Crippen LogP contribution in [0.1, 0.15) is 5.56 Å². The Hall–Kier alpha value is -2.21. The Kier molecular flexibility index (Phi) is 4.37. The molecule has 0 radical (unpaired) electrons. The van der Waals surface area contributed by atoms with Gasteiger partial charge in [-0.3, -0.25) is 4.79 Å². The molecule has 2 N–H and O–H groups in total. The van der Waals surface area contributed by atoms with Crippen molar-refractivity contribution in [3.05, 3.63) is 35.9 Å². The molecule has 1 aromatic carbocycles. The summed E-state index contributed by atoms with van der Waals surface area (Å²) in [4.78, 5) is 20.0. The van der Waals surface area contributed by atoms with Crippen LogP contribution in [0.3, 0.4) is 0 Å². The Bertz CT molecular complexity index is 699. The number of para-hydroxylation sites is 1. The first-order chi connectivity index (χ1) is 9.90. The van der Waals surface area contributed by atoms with E-state index in [1.807, 2.05) is 30.3 Å². The van der Waals surface area contributed by atoms with E-state index in [0.717, 1.165) is 10.9 Å². The lowest BCUT2D eigenvalue weighted by Crippen LogP contribution is -2.35. The summed E-state index contributed by atoms with van der Waals surface area (Å²) in [6.07, 6.45) is 0. The molecule has 0 atom stereocenters. The summed E-state index contributed by atoms with van der Waals surface area (Å²) >= 11 is 5.11. The number of rotatable bonds is 4. The summed E-state index contributed by atoms with van der Waals surface area (Å²) < 4.78 is 0. The Balaban J connectivity index is 2.47. The highest BCUT2D eigenvalue weighted by atomic mass is 32.1. The number of pyridine rings is 1. The summed E-state index contributed by atoms with van der Waals surface area (Å²) in [5, 5.41) is 0.969. The van der Waals surface area contributed by atoms with Crippen LogP contribution in [0.2, 0.25) is 0 Å². The van der Waals surface area contributed by atoms with Crippen molar-refractivity contribution in [3.8, 4) is 0 Å². The van der Waals surface area contributed by atoms with Crippen LogP contribution in [0.25, 0.3) is 10.9 Å². The molecule has 1 heterocycles. The highest BCUT2D eigenvalue weighted by molar-refractivity contribution is 7.80. The molecule has 0 unspecified atom stereocenters. The number of amides is 1. The molecule has 21 heavy (non-hydrogen) atoms. The standard InChI is InChI=1S/C15H18N4OS/c1-18(2)13(20)9-19(3)15-11(14(16)21)8-10-6-4-5-7-12(10)17-15/h4-8H,9H2,1-3H3,(H2,16,21). The monoisotopic (exact) mass is 302 g/mol. The van der Waals surface area contributed by atoms with Crippen molar-refractivity contribution < 1.29 is 4.79 Å². The predicted molar refractivity (Wildman–Crippen MR) is 89.6 cm³/mol. The quantitative estimate of drug-likeness (QED) is 0.865. The second-order valence-corrected chi connectivity index (χ2v) is 5.50. The van der Waals surface area contributed by atoms with E-state index >= 15 is 0 Å². The van der Waals surface area contributed by atoms with Gasteiger partial charge in [0.2, 0.25) is 5.91 Å². The fourth-order valence-electron chi connectivity index (χ4n) is 2.00. The van der Waals surface area contributed by atoms with Crippen LogP contribution in [0.5, 0.6) is 0 Å². The number of thiocarbonyl (C=S) groups is 1. The van der Waals surface area contributed by atoms with Crippen molar-refractivity contribution in [2.45, 2.75) is 0 Å². The number of fused-ring (bicyclic) bond motifs is 1. The van der Waals surface area contributed by atoms with E-state index in [9.17, 15) is 4.79 Å². The molecule has 5 nitrogen and oxygen atoms in total. The van der Waals surface area contributed by atoms with Crippen molar-refractivity contribution in [3.63, 3.8) is 0 Å². The highest BCUT2D eigenvalue weighted by Gasteiger charge is 2.16. The van der Waals surface area contributed by atoms with Crippen molar-refractivity contribution in [1.29, 1.82) is 0 Å². The zero-order chi connectivity index (χ0) is 15.6. The second-order valence-electron chi connectivity index (χ2n) is 5.06. The van der Waals surface area contributed by atoms with Crippen molar-refractivity contribution >= 4 is 39.8 Å². The van der Waals surface area contributed by atoms with E-state index in [1.165, 1.54) is 4.90 Å². The highest BCUT2D eigenvalue weighted by Crippen LogP contribution is 2.23. The van der Waals surface area contributed by atoms with Crippen LogP contribution in [0.4, 0.5) is 5.82 Å². The number of aromatic nitrogens is 1. The number of nitrogens with zero attached hydrogens (tertiary/aromatic N) is 3. The molecule has 6 heteroatoms. The van der Waals surface area contributed by atoms with Crippen LogP contribution in [0.15, 0.2) is 30.3 Å². The smallest absolute Gasteiger partial charge is 0.241 e. The SMILES string of the molecule is CN(C)C(=O)CN(C)c1nc2ccccc2cc1C(N)=S. The summed E-state index contributed by atoms with van der Waals surface area (Å²) in [6, 6.07) is 9.65. The molecule has 0 aliphatic heterocycles. The van der Waals surface area contributed by atoms with Gasteiger partial charge in [0.05, 0.1) is 17.6 Å². The van der Waals surface area contributed by atoms with E-state index < -0.39 is 0 Å². The van der Waals surface area contributed by atoms with Gasteiger partial charge in [-0.1, -0.05) is 30.4 Å². The van der Waals surface area contributed by atoms with Gasteiger partial charge in [0.1, 0.15) is 10.8 Å². The molecule has 1 aromatic heterocycles. The van der Waals surface area contributed by atoms with Crippen LogP contribution in [-0.2, 0) is 4.79 Å². The van der Waals surface area contributed by atoms with Crippen molar-refractivity contribution in [1.82, 2.24) is 9.88 Å². The van der Waals surface area contributed by atoms with Crippen LogP contribution >= 0.6 is 12.2 Å². The van der Waals surface area contributed by atoms with Crippen LogP contribution in [-0.4, -0.2) is 48.5 Å². The zero-order valence-corrected chi connectivity index (χ0v) is 13.1. The number of likely N-dealkylation sites (N-methyl/N-ethyl adjacent to an activating group) is 2. The Morgan fingerprint density at radius 2 is 1.95 bits per heavy atom. The molecule has 0 fully saturated rings. The Labute approximate surface area is 129 Å². The van der Waals surface area contributed by atoms with Crippen molar-refractivity contribution in [2.24, 2.45) is 5.73 Å². The number of hydrogen-bond donors (Lipinski definition) is 1. The third-order valence-electron chi connectivity index (χ3n) is 3.20. The van der Waals surface area contributed by atoms with Crippen LogP contribution < -0.4 is 10.6 Å². The summed E-state index contributed by atoms with van der Waals surface area (Å²) in [5.41, 5.74) is 7.33. The fraction of sp³-hybridized carbons (Fsp3) is 0.267. The minimum atomic E-state index is -0.0126. The molecule has 2 aromatic rings. The largest absolute Gasteiger partial charge is 0.389 e. The maximum Gasteiger partial charge on any atom is 0.241 e. The Morgan fingerprint density at radius 3 is 2.57 bits per heavy atom. The van der Waals surface area contributed by atoms with E-state index in [0.29, 0.717) is 11.4 Å². The first-order valence-corrected chi connectivity index (χ1v) is 6.92. The first kappa shape index (κ1) is 15.2. The maximum atomic E-state index is 11.9. The van der Waals surface area contributed by atoms with E-state index in [2.05, 4.69) is 4.98 Å². The average Bonchev–Trinajstić information content (AvgIpc) is 2.45. The molecule has 0 aliphatic carbocycles. The van der Waals surface area contributed by atoms with Gasteiger partial charge in [0.25, 0.3) is 0 Å². The molecule has 110 valence electrons. The minimum absolute atomic E-state index is 0.0126. The van der Waals surface area contributed by atoms with E-state index in [4.69, 9.17) is 18.0 Å². The predicted octanol–water partition coefficient (Wildman–Crippen LogP) is 1.39. The Morgan fingerprint density at radius 1 is 1.29 bits per heavy atom. The number of nitrogens with two attached hydrogens (primary N) is 1. The van der Waals surface area contributed by atoms with Crippen LogP contribution in [0, 0.1) is 0 Å². The van der Waals surface area contributed by atoms with Gasteiger partial charge in [-0.15, -0.1) is 0 Å². The number of anilines is 1. The van der Waals surface area contributed by atoms with Gasteiger partial charge < -0.3 is 15.5 Å². The molecule has 2 rings (SSSR count). The molecule has 0 bridgehead atoms. The van der Waals surface area contributed by atoms with Gasteiger partial charge in [-0.05, 0) is 12.1 Å². The second kappa shape index (κ2) is 6.05. The topological polar surface area (TPSA) is 62.5 Å². The summed E-state index contributed by atoms with van der Waals surface area (Å²) in [5.74, 6) is 0.609. The van der Waals surface area contributed by atoms with Gasteiger partial charge in [0.15, 0.2) is 0 Å². The summed E-state index contributed by atoms with van der Waals surface area (Å²) in [7, 11) is 5.25.